The maximum atomic E-state index is 11.2. The van der Waals surface area contributed by atoms with Crippen LogP contribution < -0.4 is 0 Å². The molecule has 0 aromatic rings. The van der Waals surface area contributed by atoms with Gasteiger partial charge in [-0.1, -0.05) is 32.1 Å². The summed E-state index contributed by atoms with van der Waals surface area (Å²) in [6.07, 6.45) is 9.08. The van der Waals surface area contributed by atoms with Gasteiger partial charge < -0.3 is 4.90 Å². The lowest BCUT2D eigenvalue weighted by Gasteiger charge is -2.28. The summed E-state index contributed by atoms with van der Waals surface area (Å²) in [5.74, 6) is 0.213. The molecule has 1 rings (SSSR count). The fraction of sp³-hybridized carbons (Fsp3) is 0.909. The maximum Gasteiger partial charge on any atom is 0.219 e. The summed E-state index contributed by atoms with van der Waals surface area (Å²) in [4.78, 5) is 13.1. The van der Waals surface area contributed by atoms with E-state index in [1.807, 2.05) is 11.9 Å². The first-order valence-electron chi connectivity index (χ1n) is 5.45. The van der Waals surface area contributed by atoms with E-state index in [9.17, 15) is 4.79 Å². The lowest BCUT2D eigenvalue weighted by Crippen LogP contribution is -2.35. The summed E-state index contributed by atoms with van der Waals surface area (Å²) >= 11 is 0. The first kappa shape index (κ1) is 10.6. The molecule has 76 valence electrons. The Balaban J connectivity index is 2.40. The Bertz CT molecular complexity index is 159. The molecular weight excluding hydrogens is 162 g/mol. The van der Waals surface area contributed by atoms with Crippen LogP contribution in [0.2, 0.25) is 0 Å². The van der Waals surface area contributed by atoms with Gasteiger partial charge in [-0.25, -0.2) is 0 Å². The molecule has 0 aliphatic heterocycles. The van der Waals surface area contributed by atoms with Crippen LogP contribution in [0.25, 0.3) is 0 Å². The van der Waals surface area contributed by atoms with Gasteiger partial charge >= 0.3 is 0 Å². The predicted octanol–water partition coefficient (Wildman–Crippen LogP) is 2.58. The smallest absolute Gasteiger partial charge is 0.219 e. The Morgan fingerprint density at radius 2 is 1.54 bits per heavy atom. The van der Waals surface area contributed by atoms with Crippen LogP contribution >= 0.6 is 0 Å². The van der Waals surface area contributed by atoms with Gasteiger partial charge in [0, 0.05) is 20.0 Å². The number of hydrogen-bond acceptors (Lipinski definition) is 1. The van der Waals surface area contributed by atoms with Crippen LogP contribution in [0.5, 0.6) is 0 Å². The van der Waals surface area contributed by atoms with Crippen LogP contribution in [0.15, 0.2) is 0 Å². The molecule has 1 fully saturated rings. The zero-order valence-electron chi connectivity index (χ0n) is 8.88. The summed E-state index contributed by atoms with van der Waals surface area (Å²) < 4.78 is 0. The summed E-state index contributed by atoms with van der Waals surface area (Å²) in [5, 5.41) is 0. The van der Waals surface area contributed by atoms with E-state index in [0.29, 0.717) is 6.04 Å². The second-order valence-corrected chi connectivity index (χ2v) is 4.13. The van der Waals surface area contributed by atoms with Gasteiger partial charge in [0.15, 0.2) is 0 Å². The second kappa shape index (κ2) is 5.25. The highest BCUT2D eigenvalue weighted by Gasteiger charge is 2.17. The molecule has 1 amide bonds. The SMILES string of the molecule is CC(=O)N(C)C1CCCCCCC1. The van der Waals surface area contributed by atoms with Crippen LogP contribution in [-0.2, 0) is 4.79 Å². The van der Waals surface area contributed by atoms with Crippen LogP contribution in [0, 0.1) is 0 Å². The minimum absolute atomic E-state index is 0.213. The van der Waals surface area contributed by atoms with Gasteiger partial charge in [0.2, 0.25) is 5.91 Å². The number of nitrogens with zero attached hydrogens (tertiary/aromatic N) is 1. The number of amides is 1. The molecule has 0 heterocycles. The summed E-state index contributed by atoms with van der Waals surface area (Å²) in [7, 11) is 1.94. The highest BCUT2D eigenvalue weighted by Crippen LogP contribution is 2.20. The Morgan fingerprint density at radius 3 is 2.00 bits per heavy atom. The molecule has 0 atom stereocenters. The molecule has 1 aliphatic rings. The maximum absolute atomic E-state index is 11.2. The average Bonchev–Trinajstić information content (AvgIpc) is 2.02. The van der Waals surface area contributed by atoms with Crippen molar-refractivity contribution in [3.8, 4) is 0 Å². The molecule has 1 aliphatic carbocycles. The fourth-order valence-electron chi connectivity index (χ4n) is 2.08. The van der Waals surface area contributed by atoms with E-state index in [2.05, 4.69) is 0 Å². The molecule has 0 aromatic carbocycles. The van der Waals surface area contributed by atoms with Crippen molar-refractivity contribution in [2.45, 2.75) is 57.9 Å². The Kier molecular flexibility index (Phi) is 4.26. The highest BCUT2D eigenvalue weighted by molar-refractivity contribution is 5.73. The Morgan fingerprint density at radius 1 is 1.08 bits per heavy atom. The fourth-order valence-corrected chi connectivity index (χ4v) is 2.08. The van der Waals surface area contributed by atoms with Gasteiger partial charge in [-0.15, -0.1) is 0 Å². The van der Waals surface area contributed by atoms with Crippen molar-refractivity contribution >= 4 is 5.91 Å². The summed E-state index contributed by atoms with van der Waals surface area (Å²) in [6, 6.07) is 0.512. The van der Waals surface area contributed by atoms with Gasteiger partial charge in [0.1, 0.15) is 0 Å². The predicted molar refractivity (Wildman–Crippen MR) is 54.6 cm³/mol. The van der Waals surface area contributed by atoms with Crippen LogP contribution in [0.1, 0.15) is 51.9 Å². The third-order valence-electron chi connectivity index (χ3n) is 3.12. The van der Waals surface area contributed by atoms with Crippen molar-refractivity contribution < 1.29 is 4.79 Å². The van der Waals surface area contributed by atoms with E-state index in [4.69, 9.17) is 0 Å². The molecule has 0 saturated heterocycles. The Labute approximate surface area is 81.3 Å². The molecule has 2 nitrogen and oxygen atoms in total. The Hall–Kier alpha value is -0.530. The normalized spacial score (nSPS) is 20.5. The minimum Gasteiger partial charge on any atom is -0.343 e. The summed E-state index contributed by atoms with van der Waals surface area (Å²) in [5.41, 5.74) is 0. The average molecular weight is 183 g/mol. The third-order valence-corrected chi connectivity index (χ3v) is 3.12. The molecule has 0 spiro atoms. The third kappa shape index (κ3) is 3.37. The number of carbonyl (C=O) groups excluding carboxylic acids is 1. The van der Waals surface area contributed by atoms with Crippen molar-refractivity contribution in [3.05, 3.63) is 0 Å². The van der Waals surface area contributed by atoms with Crippen LogP contribution in [-0.4, -0.2) is 23.9 Å². The zero-order valence-corrected chi connectivity index (χ0v) is 8.88. The molecule has 13 heavy (non-hydrogen) atoms. The highest BCUT2D eigenvalue weighted by atomic mass is 16.2. The van der Waals surface area contributed by atoms with Crippen molar-refractivity contribution in [1.29, 1.82) is 0 Å². The lowest BCUT2D eigenvalue weighted by molar-refractivity contribution is -0.129. The van der Waals surface area contributed by atoms with E-state index in [-0.39, 0.29) is 5.91 Å². The van der Waals surface area contributed by atoms with Crippen LogP contribution in [0.4, 0.5) is 0 Å². The van der Waals surface area contributed by atoms with Crippen molar-refractivity contribution in [3.63, 3.8) is 0 Å². The molecule has 0 aromatic heterocycles. The lowest BCUT2D eigenvalue weighted by atomic mass is 9.96. The van der Waals surface area contributed by atoms with Crippen molar-refractivity contribution in [2.24, 2.45) is 0 Å². The first-order valence-corrected chi connectivity index (χ1v) is 5.45. The molecule has 1 saturated carbocycles. The molecule has 0 N–H and O–H groups in total. The minimum atomic E-state index is 0.213. The molecule has 0 unspecified atom stereocenters. The molecular formula is C11H21NO. The van der Waals surface area contributed by atoms with Gasteiger partial charge in [-0.05, 0) is 12.8 Å². The van der Waals surface area contributed by atoms with E-state index in [1.165, 1.54) is 44.9 Å². The first-order chi connectivity index (χ1) is 6.22. The van der Waals surface area contributed by atoms with E-state index < -0.39 is 0 Å². The largest absolute Gasteiger partial charge is 0.343 e. The van der Waals surface area contributed by atoms with E-state index >= 15 is 0 Å². The standard InChI is InChI=1S/C11H21NO/c1-10(13)12(2)11-8-6-4-3-5-7-9-11/h11H,3-9H2,1-2H3. The van der Waals surface area contributed by atoms with E-state index in [1.54, 1.807) is 6.92 Å². The topological polar surface area (TPSA) is 20.3 Å². The van der Waals surface area contributed by atoms with Crippen molar-refractivity contribution in [1.82, 2.24) is 4.90 Å². The van der Waals surface area contributed by atoms with Crippen LogP contribution in [0.3, 0.4) is 0 Å². The van der Waals surface area contributed by atoms with Gasteiger partial charge in [0.25, 0.3) is 0 Å². The summed E-state index contributed by atoms with van der Waals surface area (Å²) in [6.45, 7) is 1.67. The monoisotopic (exact) mass is 183 g/mol. The number of carbonyl (C=O) groups is 1. The number of hydrogen-bond donors (Lipinski definition) is 0. The van der Waals surface area contributed by atoms with E-state index in [0.717, 1.165) is 0 Å². The quantitative estimate of drug-likeness (QED) is 0.612. The molecule has 0 bridgehead atoms. The molecule has 2 heteroatoms. The van der Waals surface area contributed by atoms with Gasteiger partial charge in [-0.3, -0.25) is 4.79 Å². The second-order valence-electron chi connectivity index (χ2n) is 4.13. The van der Waals surface area contributed by atoms with Gasteiger partial charge in [-0.2, -0.15) is 0 Å². The van der Waals surface area contributed by atoms with Gasteiger partial charge in [0.05, 0.1) is 0 Å². The zero-order chi connectivity index (χ0) is 9.68. The number of rotatable bonds is 1. The van der Waals surface area contributed by atoms with Crippen molar-refractivity contribution in [2.75, 3.05) is 7.05 Å². The molecule has 0 radical (unpaired) electrons.